The third-order valence-corrected chi connectivity index (χ3v) is 6.01. The van der Waals surface area contributed by atoms with E-state index in [2.05, 4.69) is 4.90 Å². The van der Waals surface area contributed by atoms with Crippen LogP contribution in [0.15, 0.2) is 64.5 Å². The fraction of sp³-hybridized carbons (Fsp3) is 0.385. The van der Waals surface area contributed by atoms with Crippen LogP contribution < -0.4 is 4.74 Å². The van der Waals surface area contributed by atoms with Gasteiger partial charge in [-0.3, -0.25) is 9.59 Å². The number of furan rings is 1. The number of nitrogens with zero attached hydrogens (tertiary/aromatic N) is 2. The first-order valence-corrected chi connectivity index (χ1v) is 11.5. The molecule has 2 aliphatic rings. The number of likely N-dealkylation sites (tertiary alicyclic amines) is 1. The first-order chi connectivity index (χ1) is 16.1. The highest BCUT2D eigenvalue weighted by Crippen LogP contribution is 2.39. The predicted molar refractivity (Wildman–Crippen MR) is 125 cm³/mol. The second kappa shape index (κ2) is 10.5. The molecule has 1 fully saturated rings. The van der Waals surface area contributed by atoms with E-state index in [0.717, 1.165) is 37.9 Å². The van der Waals surface area contributed by atoms with E-state index in [1.807, 2.05) is 31.2 Å². The second-order valence-corrected chi connectivity index (χ2v) is 8.35. The molecule has 3 heterocycles. The molecule has 1 saturated heterocycles. The van der Waals surface area contributed by atoms with Crippen molar-refractivity contribution in [1.82, 2.24) is 9.80 Å². The molecule has 0 bridgehead atoms. The monoisotopic (exact) mass is 450 g/mol. The molecular formula is C26H30N2O5. The molecule has 1 amide bonds. The van der Waals surface area contributed by atoms with Crippen LogP contribution in [0.2, 0.25) is 0 Å². The topological polar surface area (TPSA) is 83.2 Å². The van der Waals surface area contributed by atoms with Gasteiger partial charge in [-0.05, 0) is 74.3 Å². The Balaban J connectivity index is 1.64. The van der Waals surface area contributed by atoms with E-state index in [4.69, 9.17) is 9.15 Å². The standard InChI is InChI=1S/C26H30N2O5/c1-2-16-32-21-8-5-7-19(18-21)24-23(22(29)11-10-20-9-6-17-33-20)25(30)26(31)28(24)15-14-27-12-3-4-13-27/h5-11,17-18,24,30H,2-4,12-16H2,1H3/b11-10+. The summed E-state index contributed by atoms with van der Waals surface area (Å²) in [5.41, 5.74) is 0.814. The van der Waals surface area contributed by atoms with Gasteiger partial charge in [0.05, 0.1) is 24.5 Å². The molecule has 2 aliphatic heterocycles. The van der Waals surface area contributed by atoms with E-state index in [1.54, 1.807) is 17.0 Å². The summed E-state index contributed by atoms with van der Waals surface area (Å²) in [6, 6.07) is 10.2. The summed E-state index contributed by atoms with van der Waals surface area (Å²) in [6.45, 7) is 5.73. The zero-order chi connectivity index (χ0) is 23.2. The number of hydrogen-bond acceptors (Lipinski definition) is 6. The van der Waals surface area contributed by atoms with Crippen molar-refractivity contribution in [3.63, 3.8) is 0 Å². The summed E-state index contributed by atoms with van der Waals surface area (Å²) in [6.07, 6.45) is 7.57. The molecule has 7 heteroatoms. The Hall–Kier alpha value is -3.32. The van der Waals surface area contributed by atoms with Gasteiger partial charge < -0.3 is 24.1 Å². The molecule has 0 radical (unpaired) electrons. The first-order valence-electron chi connectivity index (χ1n) is 11.5. The van der Waals surface area contributed by atoms with Gasteiger partial charge >= 0.3 is 0 Å². The minimum absolute atomic E-state index is 0.0804. The van der Waals surface area contributed by atoms with Crippen molar-refractivity contribution in [1.29, 1.82) is 0 Å². The fourth-order valence-electron chi connectivity index (χ4n) is 4.37. The van der Waals surface area contributed by atoms with Crippen molar-refractivity contribution in [3.8, 4) is 5.75 Å². The number of aliphatic hydroxyl groups excluding tert-OH is 1. The number of ketones is 1. The SMILES string of the molecule is CCCOc1cccc(C2C(C(=O)/C=C/c3ccco3)=C(O)C(=O)N2CCN2CCCC2)c1. The molecule has 2 aromatic rings. The van der Waals surface area contributed by atoms with Gasteiger partial charge in [0.1, 0.15) is 11.5 Å². The van der Waals surface area contributed by atoms with E-state index in [9.17, 15) is 14.7 Å². The summed E-state index contributed by atoms with van der Waals surface area (Å²) in [5.74, 6) is -0.245. The minimum Gasteiger partial charge on any atom is -0.503 e. The normalized spacial score (nSPS) is 19.2. The van der Waals surface area contributed by atoms with E-state index in [0.29, 0.717) is 31.2 Å². The Bertz CT molecular complexity index is 1030. The Morgan fingerprint density at radius 3 is 2.76 bits per heavy atom. The highest BCUT2D eigenvalue weighted by atomic mass is 16.5. The lowest BCUT2D eigenvalue weighted by atomic mass is 9.95. The summed E-state index contributed by atoms with van der Waals surface area (Å²) < 4.78 is 11.0. The van der Waals surface area contributed by atoms with Crippen molar-refractivity contribution in [2.45, 2.75) is 32.2 Å². The van der Waals surface area contributed by atoms with Crippen LogP contribution in [-0.2, 0) is 9.59 Å². The largest absolute Gasteiger partial charge is 0.503 e. The summed E-state index contributed by atoms with van der Waals surface area (Å²) >= 11 is 0. The highest BCUT2D eigenvalue weighted by molar-refractivity contribution is 6.14. The third kappa shape index (κ3) is 5.20. The summed E-state index contributed by atoms with van der Waals surface area (Å²) in [4.78, 5) is 30.2. The fourth-order valence-corrected chi connectivity index (χ4v) is 4.37. The maximum Gasteiger partial charge on any atom is 0.290 e. The zero-order valence-electron chi connectivity index (χ0n) is 18.9. The molecule has 1 aromatic heterocycles. The smallest absolute Gasteiger partial charge is 0.290 e. The number of benzene rings is 1. The number of aliphatic hydroxyl groups is 1. The Morgan fingerprint density at radius 1 is 1.21 bits per heavy atom. The molecular weight excluding hydrogens is 420 g/mol. The lowest BCUT2D eigenvalue weighted by Crippen LogP contribution is -2.37. The third-order valence-electron chi connectivity index (χ3n) is 6.01. The average Bonchev–Trinajstić information content (AvgIpc) is 3.58. The first kappa shape index (κ1) is 22.9. The van der Waals surface area contributed by atoms with Crippen molar-refractivity contribution in [2.24, 2.45) is 0 Å². The summed E-state index contributed by atoms with van der Waals surface area (Å²) in [7, 11) is 0. The van der Waals surface area contributed by atoms with Crippen LogP contribution in [0.3, 0.4) is 0 Å². The molecule has 0 saturated carbocycles. The number of ether oxygens (including phenoxy) is 1. The van der Waals surface area contributed by atoms with Crippen LogP contribution in [0.1, 0.15) is 43.6 Å². The minimum atomic E-state index is -0.681. The van der Waals surface area contributed by atoms with Gasteiger partial charge in [-0.1, -0.05) is 19.1 Å². The van der Waals surface area contributed by atoms with E-state index < -0.39 is 23.5 Å². The molecule has 33 heavy (non-hydrogen) atoms. The Morgan fingerprint density at radius 2 is 2.03 bits per heavy atom. The molecule has 174 valence electrons. The average molecular weight is 451 g/mol. The maximum atomic E-state index is 13.2. The lowest BCUT2D eigenvalue weighted by molar-refractivity contribution is -0.129. The lowest BCUT2D eigenvalue weighted by Gasteiger charge is -2.28. The van der Waals surface area contributed by atoms with Gasteiger partial charge in [-0.15, -0.1) is 0 Å². The van der Waals surface area contributed by atoms with Gasteiger partial charge in [0.25, 0.3) is 5.91 Å². The van der Waals surface area contributed by atoms with Gasteiger partial charge in [0.2, 0.25) is 0 Å². The van der Waals surface area contributed by atoms with Gasteiger partial charge in [-0.25, -0.2) is 0 Å². The molecule has 7 nitrogen and oxygen atoms in total. The number of hydrogen-bond donors (Lipinski definition) is 1. The molecule has 1 N–H and O–H groups in total. The Labute approximate surface area is 193 Å². The van der Waals surface area contributed by atoms with Crippen LogP contribution in [-0.4, -0.2) is 59.4 Å². The summed E-state index contributed by atoms with van der Waals surface area (Å²) in [5, 5.41) is 10.8. The van der Waals surface area contributed by atoms with Gasteiger partial charge in [0, 0.05) is 13.1 Å². The Kier molecular flexibility index (Phi) is 7.29. The quantitative estimate of drug-likeness (QED) is 0.548. The molecule has 1 aromatic carbocycles. The van der Waals surface area contributed by atoms with Crippen LogP contribution in [0, 0.1) is 0 Å². The van der Waals surface area contributed by atoms with Gasteiger partial charge in [0.15, 0.2) is 11.5 Å². The van der Waals surface area contributed by atoms with Crippen LogP contribution in [0.25, 0.3) is 6.08 Å². The maximum absolute atomic E-state index is 13.2. The highest BCUT2D eigenvalue weighted by Gasteiger charge is 2.43. The molecule has 4 rings (SSSR count). The van der Waals surface area contributed by atoms with E-state index >= 15 is 0 Å². The van der Waals surface area contributed by atoms with Gasteiger partial charge in [-0.2, -0.15) is 0 Å². The molecule has 0 spiro atoms. The van der Waals surface area contributed by atoms with Crippen LogP contribution >= 0.6 is 0 Å². The zero-order valence-corrected chi connectivity index (χ0v) is 18.9. The number of allylic oxidation sites excluding steroid dienone is 1. The van der Waals surface area contributed by atoms with Crippen LogP contribution in [0.5, 0.6) is 5.75 Å². The molecule has 1 unspecified atom stereocenters. The van der Waals surface area contributed by atoms with Crippen molar-refractivity contribution in [2.75, 3.05) is 32.8 Å². The van der Waals surface area contributed by atoms with Crippen molar-refractivity contribution < 1.29 is 23.8 Å². The predicted octanol–water partition coefficient (Wildman–Crippen LogP) is 4.14. The number of carbonyl (C=O) groups is 2. The molecule has 0 aliphatic carbocycles. The van der Waals surface area contributed by atoms with E-state index in [1.165, 1.54) is 18.4 Å². The molecule has 1 atom stereocenters. The van der Waals surface area contributed by atoms with E-state index in [-0.39, 0.29) is 5.57 Å². The number of rotatable bonds is 10. The van der Waals surface area contributed by atoms with Crippen molar-refractivity contribution in [3.05, 3.63) is 71.4 Å². The van der Waals surface area contributed by atoms with Crippen molar-refractivity contribution >= 4 is 17.8 Å². The number of carbonyl (C=O) groups excluding carboxylic acids is 2. The van der Waals surface area contributed by atoms with Crippen LogP contribution in [0.4, 0.5) is 0 Å². The second-order valence-electron chi connectivity index (χ2n) is 8.35. The number of amides is 1.